The van der Waals surface area contributed by atoms with E-state index in [9.17, 15) is 19.8 Å². The van der Waals surface area contributed by atoms with Gasteiger partial charge in [-0.2, -0.15) is 0 Å². The van der Waals surface area contributed by atoms with Crippen LogP contribution >= 0.6 is 0 Å². The Morgan fingerprint density at radius 3 is 2.35 bits per heavy atom. The van der Waals surface area contributed by atoms with Crippen LogP contribution in [0.15, 0.2) is 83.7 Å². The summed E-state index contributed by atoms with van der Waals surface area (Å²) in [6.07, 6.45) is 6.60. The molecule has 0 radical (unpaired) electrons. The van der Waals surface area contributed by atoms with Gasteiger partial charge in [0.25, 0.3) is 0 Å². The fourth-order valence-corrected chi connectivity index (χ4v) is 4.88. The molecule has 0 aliphatic rings. The summed E-state index contributed by atoms with van der Waals surface area (Å²) in [5.41, 5.74) is 4.36. The van der Waals surface area contributed by atoms with E-state index in [1.165, 1.54) is 23.3 Å². The van der Waals surface area contributed by atoms with Crippen molar-refractivity contribution in [3.8, 4) is 5.75 Å². The second-order valence-corrected chi connectivity index (χ2v) is 9.77. The van der Waals surface area contributed by atoms with Crippen LogP contribution in [0.5, 0.6) is 5.75 Å². The minimum absolute atomic E-state index is 0.00537. The highest BCUT2D eigenvalue weighted by atomic mass is 16.3. The van der Waals surface area contributed by atoms with Gasteiger partial charge >= 0.3 is 0 Å². The minimum atomic E-state index is -0.681. The number of phenols is 1. The highest BCUT2D eigenvalue weighted by Gasteiger charge is 2.14. The van der Waals surface area contributed by atoms with E-state index in [2.05, 4.69) is 41.4 Å². The predicted molar refractivity (Wildman–Crippen MR) is 148 cm³/mol. The largest absolute Gasteiger partial charge is 0.506 e. The summed E-state index contributed by atoms with van der Waals surface area (Å²) < 4.78 is 0. The van der Waals surface area contributed by atoms with E-state index in [4.69, 9.17) is 0 Å². The van der Waals surface area contributed by atoms with Gasteiger partial charge in [0.1, 0.15) is 11.5 Å². The maximum Gasteiger partial charge on any atom is 0.248 e. The van der Waals surface area contributed by atoms with E-state index in [0.29, 0.717) is 35.7 Å². The van der Waals surface area contributed by atoms with Crippen molar-refractivity contribution in [1.29, 1.82) is 0 Å². The molecular formula is C32H35NO4. The molecule has 0 aliphatic carbocycles. The van der Waals surface area contributed by atoms with Crippen LogP contribution in [-0.4, -0.2) is 21.0 Å². The average Bonchev–Trinajstić information content (AvgIpc) is 2.90. The molecule has 0 aliphatic heterocycles. The van der Waals surface area contributed by atoms with Crippen molar-refractivity contribution in [1.82, 2.24) is 4.98 Å². The van der Waals surface area contributed by atoms with Crippen molar-refractivity contribution in [2.45, 2.75) is 63.9 Å². The van der Waals surface area contributed by atoms with Gasteiger partial charge in [0.15, 0.2) is 0 Å². The molecule has 0 fully saturated rings. The van der Waals surface area contributed by atoms with Crippen molar-refractivity contribution in [2.24, 2.45) is 0 Å². The average molecular weight is 498 g/mol. The number of unbranched alkanes of at least 4 members (excludes halogenated alkanes) is 2. The summed E-state index contributed by atoms with van der Waals surface area (Å²) in [6.45, 7) is 0. The SMILES string of the molecule is O=C(CCCCc1ccccc1)Cc1cccc(CCCC[C@H](O)c2ccc(O)c3[nH]c(=O)ccc23)c1. The normalized spacial score (nSPS) is 12.0. The van der Waals surface area contributed by atoms with Gasteiger partial charge < -0.3 is 15.2 Å². The fraction of sp³-hybridized carbons (Fsp3) is 0.312. The third-order valence-corrected chi connectivity index (χ3v) is 6.87. The number of aromatic amines is 1. The van der Waals surface area contributed by atoms with Crippen molar-refractivity contribution < 1.29 is 15.0 Å². The molecule has 1 heterocycles. The molecule has 37 heavy (non-hydrogen) atoms. The van der Waals surface area contributed by atoms with Crippen molar-refractivity contribution in [2.75, 3.05) is 0 Å². The van der Waals surface area contributed by atoms with E-state index in [0.717, 1.165) is 44.1 Å². The van der Waals surface area contributed by atoms with E-state index >= 15 is 0 Å². The molecule has 1 atom stereocenters. The molecule has 4 rings (SSSR count). The van der Waals surface area contributed by atoms with Gasteiger partial charge in [-0.3, -0.25) is 9.59 Å². The second kappa shape index (κ2) is 13.0. The number of hydrogen-bond donors (Lipinski definition) is 3. The molecule has 5 heteroatoms. The Morgan fingerprint density at radius 2 is 1.51 bits per heavy atom. The Morgan fingerprint density at radius 1 is 0.784 bits per heavy atom. The summed E-state index contributed by atoms with van der Waals surface area (Å²) in [5.74, 6) is 0.282. The molecule has 5 nitrogen and oxygen atoms in total. The lowest BCUT2D eigenvalue weighted by molar-refractivity contribution is -0.118. The number of phenolic OH excluding ortho intramolecular Hbond substituents is 1. The van der Waals surface area contributed by atoms with Gasteiger partial charge in [-0.25, -0.2) is 0 Å². The summed E-state index contributed by atoms with van der Waals surface area (Å²) in [7, 11) is 0. The first-order valence-corrected chi connectivity index (χ1v) is 13.2. The van der Waals surface area contributed by atoms with Crippen LogP contribution < -0.4 is 5.56 Å². The summed E-state index contributed by atoms with van der Waals surface area (Å²) in [5, 5.41) is 21.5. The number of aromatic nitrogens is 1. The number of nitrogens with one attached hydrogen (secondary N) is 1. The number of aryl methyl sites for hydroxylation is 2. The first-order chi connectivity index (χ1) is 18.0. The zero-order valence-electron chi connectivity index (χ0n) is 21.2. The van der Waals surface area contributed by atoms with Crippen LogP contribution in [0, 0.1) is 0 Å². The number of benzene rings is 3. The van der Waals surface area contributed by atoms with Crippen molar-refractivity contribution in [3.05, 3.63) is 111 Å². The molecule has 0 amide bonds. The Bertz CT molecular complexity index is 1380. The first kappa shape index (κ1) is 26.4. The molecule has 192 valence electrons. The van der Waals surface area contributed by atoms with E-state index in [1.54, 1.807) is 12.1 Å². The zero-order valence-corrected chi connectivity index (χ0v) is 21.2. The van der Waals surface area contributed by atoms with Crippen LogP contribution in [0.2, 0.25) is 0 Å². The molecule has 0 unspecified atom stereocenters. The monoisotopic (exact) mass is 497 g/mol. The number of H-pyrrole nitrogens is 1. The molecule has 3 aromatic carbocycles. The molecule has 0 saturated carbocycles. The van der Waals surface area contributed by atoms with Gasteiger partial charge in [0.05, 0.1) is 11.6 Å². The number of fused-ring (bicyclic) bond motifs is 1. The van der Waals surface area contributed by atoms with Crippen molar-refractivity contribution >= 4 is 16.7 Å². The minimum Gasteiger partial charge on any atom is -0.506 e. The maximum atomic E-state index is 12.5. The number of rotatable bonds is 13. The van der Waals surface area contributed by atoms with E-state index < -0.39 is 6.10 Å². The Hall–Kier alpha value is -3.70. The molecule has 1 aromatic heterocycles. The number of aliphatic hydroxyl groups excluding tert-OH is 1. The fourth-order valence-electron chi connectivity index (χ4n) is 4.88. The number of aliphatic hydroxyl groups is 1. The lowest BCUT2D eigenvalue weighted by atomic mass is 9.96. The van der Waals surface area contributed by atoms with Gasteiger partial charge in [0.2, 0.25) is 5.56 Å². The van der Waals surface area contributed by atoms with Crippen LogP contribution in [-0.2, 0) is 24.1 Å². The third kappa shape index (κ3) is 7.64. The number of carbonyl (C=O) groups is 1. The molecule has 0 spiro atoms. The molecule has 0 bridgehead atoms. The van der Waals surface area contributed by atoms with Gasteiger partial charge in [-0.05, 0) is 72.9 Å². The van der Waals surface area contributed by atoms with E-state index in [-0.39, 0.29) is 17.1 Å². The van der Waals surface area contributed by atoms with E-state index in [1.807, 2.05) is 18.2 Å². The zero-order chi connectivity index (χ0) is 26.0. The second-order valence-electron chi connectivity index (χ2n) is 9.77. The van der Waals surface area contributed by atoms with Crippen LogP contribution in [0.3, 0.4) is 0 Å². The molecular weight excluding hydrogens is 462 g/mol. The standard InChI is InChI=1S/C32H35NO4/c34-26(15-6-4-11-23-9-2-1-3-10-23)22-25-14-8-13-24(21-25)12-5-7-16-29(35)27-17-19-30(36)32-28(27)18-20-31(37)33-32/h1-3,8-10,13-14,17-21,29,35-36H,4-7,11-12,15-16,22H2,(H,33,37)/t29-/m0/s1. The number of aromatic hydroxyl groups is 1. The lowest BCUT2D eigenvalue weighted by Gasteiger charge is -2.14. The third-order valence-electron chi connectivity index (χ3n) is 6.87. The van der Waals surface area contributed by atoms with Crippen LogP contribution in [0.4, 0.5) is 0 Å². The smallest absolute Gasteiger partial charge is 0.248 e. The Kier molecular flexibility index (Phi) is 9.28. The summed E-state index contributed by atoms with van der Waals surface area (Å²) in [6, 6.07) is 24.9. The number of hydrogen-bond acceptors (Lipinski definition) is 4. The number of pyridine rings is 1. The number of ketones is 1. The lowest BCUT2D eigenvalue weighted by Crippen LogP contribution is -2.05. The number of carbonyl (C=O) groups excluding carboxylic acids is 1. The van der Waals surface area contributed by atoms with Gasteiger partial charge in [0, 0.05) is 24.3 Å². The Labute approximate surface area is 217 Å². The van der Waals surface area contributed by atoms with Gasteiger partial charge in [-0.15, -0.1) is 0 Å². The predicted octanol–water partition coefficient (Wildman–Crippen LogP) is 6.20. The van der Waals surface area contributed by atoms with Crippen molar-refractivity contribution in [3.63, 3.8) is 0 Å². The molecule has 4 aromatic rings. The molecule has 0 saturated heterocycles. The Balaban J connectivity index is 1.21. The van der Waals surface area contributed by atoms with Gasteiger partial charge in [-0.1, -0.05) is 67.1 Å². The highest BCUT2D eigenvalue weighted by molar-refractivity contribution is 5.87. The summed E-state index contributed by atoms with van der Waals surface area (Å²) in [4.78, 5) is 26.7. The highest BCUT2D eigenvalue weighted by Crippen LogP contribution is 2.31. The quantitative estimate of drug-likeness (QED) is 0.192. The van der Waals surface area contributed by atoms with Crippen LogP contribution in [0.1, 0.15) is 66.9 Å². The summed E-state index contributed by atoms with van der Waals surface area (Å²) >= 11 is 0. The maximum absolute atomic E-state index is 12.5. The molecule has 3 N–H and O–H groups in total. The number of Topliss-reactive ketones (excluding diaryl/α,β-unsaturated/α-hetero) is 1. The van der Waals surface area contributed by atoms with Crippen LogP contribution in [0.25, 0.3) is 10.9 Å². The topological polar surface area (TPSA) is 90.4 Å². The first-order valence-electron chi connectivity index (χ1n) is 13.2.